The Hall–Kier alpha value is -2.20. The number of halogens is 1. The first-order valence-electron chi connectivity index (χ1n) is 5.84. The van der Waals surface area contributed by atoms with Crippen molar-refractivity contribution in [1.29, 1.82) is 0 Å². The van der Waals surface area contributed by atoms with Crippen LogP contribution < -0.4 is 10.5 Å². The fourth-order valence-corrected chi connectivity index (χ4v) is 2.12. The van der Waals surface area contributed by atoms with Gasteiger partial charge in [-0.1, -0.05) is 29.8 Å². The lowest BCUT2D eigenvalue weighted by Gasteiger charge is -2.02. The highest BCUT2D eigenvalue weighted by Gasteiger charge is 2.07. The molecule has 0 aliphatic carbocycles. The summed E-state index contributed by atoms with van der Waals surface area (Å²) in [6.45, 7) is 0.357. The van der Waals surface area contributed by atoms with E-state index < -0.39 is 0 Å². The molecule has 0 aliphatic heterocycles. The molecule has 3 aromatic rings. The third-order valence-electron chi connectivity index (χ3n) is 2.75. The summed E-state index contributed by atoms with van der Waals surface area (Å²) >= 11 is 5.95. The van der Waals surface area contributed by atoms with Crippen LogP contribution in [0.15, 0.2) is 42.5 Å². The van der Waals surface area contributed by atoms with Crippen LogP contribution in [-0.2, 0) is 6.61 Å². The van der Waals surface area contributed by atoms with Gasteiger partial charge in [0.15, 0.2) is 0 Å². The maximum Gasteiger partial charge on any atom is 0.146 e. The maximum absolute atomic E-state index is 5.95. The highest BCUT2D eigenvalue weighted by atomic mass is 35.5. The Bertz CT molecular complexity index is 709. The van der Waals surface area contributed by atoms with Crippen molar-refractivity contribution in [3.8, 4) is 5.75 Å². The Balaban J connectivity index is 1.84. The van der Waals surface area contributed by atoms with Crippen molar-refractivity contribution in [1.82, 2.24) is 9.97 Å². The molecule has 0 aliphatic rings. The first-order valence-corrected chi connectivity index (χ1v) is 6.21. The third kappa shape index (κ3) is 2.48. The average Bonchev–Trinajstić information content (AvgIpc) is 2.81. The second-order valence-corrected chi connectivity index (χ2v) is 4.61. The highest BCUT2D eigenvalue weighted by Crippen LogP contribution is 2.24. The second kappa shape index (κ2) is 4.82. The molecule has 1 heterocycles. The van der Waals surface area contributed by atoms with Crippen molar-refractivity contribution in [2.45, 2.75) is 6.61 Å². The number of anilines is 1. The molecule has 19 heavy (non-hydrogen) atoms. The van der Waals surface area contributed by atoms with Crippen molar-refractivity contribution >= 4 is 28.3 Å². The number of hydrogen-bond acceptors (Lipinski definition) is 3. The number of H-pyrrole nitrogens is 1. The van der Waals surface area contributed by atoms with Crippen LogP contribution in [0.2, 0.25) is 5.02 Å². The van der Waals surface area contributed by atoms with E-state index in [-0.39, 0.29) is 0 Å². The van der Waals surface area contributed by atoms with E-state index in [9.17, 15) is 0 Å². The minimum atomic E-state index is 0.357. The summed E-state index contributed by atoms with van der Waals surface area (Å²) in [6.07, 6.45) is 0. The first kappa shape index (κ1) is 11.9. The Morgan fingerprint density at radius 3 is 2.79 bits per heavy atom. The predicted octanol–water partition coefficient (Wildman–Crippen LogP) is 3.38. The van der Waals surface area contributed by atoms with Gasteiger partial charge in [-0.3, -0.25) is 0 Å². The Morgan fingerprint density at radius 2 is 2.00 bits per heavy atom. The number of imidazole rings is 1. The van der Waals surface area contributed by atoms with Gasteiger partial charge in [-0.15, -0.1) is 0 Å². The van der Waals surface area contributed by atoms with E-state index in [0.29, 0.717) is 23.1 Å². The average molecular weight is 274 g/mol. The summed E-state index contributed by atoms with van der Waals surface area (Å²) in [5.41, 5.74) is 7.96. The molecular weight excluding hydrogens is 262 g/mol. The van der Waals surface area contributed by atoms with E-state index >= 15 is 0 Å². The first-order chi connectivity index (χ1) is 9.22. The number of aromatic nitrogens is 2. The number of nitrogens with zero attached hydrogens (tertiary/aromatic N) is 1. The minimum Gasteiger partial charge on any atom is -0.486 e. The second-order valence-electron chi connectivity index (χ2n) is 4.18. The van der Waals surface area contributed by atoms with E-state index in [1.165, 1.54) is 0 Å². The normalized spacial score (nSPS) is 10.8. The number of para-hydroxylation sites is 1. The number of hydrogen-bond donors (Lipinski definition) is 2. The quantitative estimate of drug-likeness (QED) is 0.719. The van der Waals surface area contributed by atoms with Gasteiger partial charge in [0.2, 0.25) is 0 Å². The molecule has 0 fully saturated rings. The van der Waals surface area contributed by atoms with Crippen molar-refractivity contribution in [2.75, 3.05) is 5.73 Å². The fraction of sp³-hybridized carbons (Fsp3) is 0.0714. The van der Waals surface area contributed by atoms with Crippen LogP contribution in [0.5, 0.6) is 5.75 Å². The molecule has 0 unspecified atom stereocenters. The predicted molar refractivity (Wildman–Crippen MR) is 76.3 cm³/mol. The fourth-order valence-electron chi connectivity index (χ4n) is 1.90. The molecule has 0 bridgehead atoms. The molecule has 96 valence electrons. The van der Waals surface area contributed by atoms with E-state index in [0.717, 1.165) is 16.8 Å². The molecule has 0 spiro atoms. The van der Waals surface area contributed by atoms with E-state index in [1.54, 1.807) is 12.1 Å². The third-order valence-corrected chi connectivity index (χ3v) is 2.97. The topological polar surface area (TPSA) is 63.9 Å². The van der Waals surface area contributed by atoms with E-state index in [2.05, 4.69) is 9.97 Å². The largest absolute Gasteiger partial charge is 0.486 e. The SMILES string of the molecule is Nc1cc(Cl)cc2[nH]c(COc3ccccc3)nc12. The molecular formula is C14H12ClN3O. The number of nitrogen functional groups attached to an aromatic ring is 1. The smallest absolute Gasteiger partial charge is 0.146 e. The molecule has 5 heteroatoms. The molecule has 3 rings (SSSR count). The lowest BCUT2D eigenvalue weighted by molar-refractivity contribution is 0.297. The standard InChI is InChI=1S/C14H12ClN3O/c15-9-6-11(16)14-12(7-9)17-13(18-14)8-19-10-4-2-1-3-5-10/h1-7H,8,16H2,(H,17,18). The molecule has 4 nitrogen and oxygen atoms in total. The zero-order chi connectivity index (χ0) is 13.2. The number of rotatable bonds is 3. The van der Waals surface area contributed by atoms with Crippen LogP contribution in [0.25, 0.3) is 11.0 Å². The van der Waals surface area contributed by atoms with Crippen LogP contribution in [0, 0.1) is 0 Å². The molecule has 0 atom stereocenters. The zero-order valence-corrected chi connectivity index (χ0v) is 10.8. The van der Waals surface area contributed by atoms with E-state index in [4.69, 9.17) is 22.1 Å². The summed E-state index contributed by atoms with van der Waals surface area (Å²) in [6, 6.07) is 13.1. The van der Waals surface area contributed by atoms with Crippen LogP contribution in [-0.4, -0.2) is 9.97 Å². The highest BCUT2D eigenvalue weighted by molar-refractivity contribution is 6.31. The summed E-state index contributed by atoms with van der Waals surface area (Å²) in [7, 11) is 0. The van der Waals surface area contributed by atoms with Crippen LogP contribution >= 0.6 is 11.6 Å². The minimum absolute atomic E-state index is 0.357. The van der Waals surface area contributed by atoms with Gasteiger partial charge in [0.05, 0.1) is 11.2 Å². The van der Waals surface area contributed by atoms with Gasteiger partial charge >= 0.3 is 0 Å². The Morgan fingerprint density at radius 1 is 1.21 bits per heavy atom. The number of benzene rings is 2. The van der Waals surface area contributed by atoms with Crippen molar-refractivity contribution in [2.24, 2.45) is 0 Å². The Kier molecular flexibility index (Phi) is 3.01. The van der Waals surface area contributed by atoms with Crippen LogP contribution in [0.3, 0.4) is 0 Å². The van der Waals surface area contributed by atoms with Crippen molar-refractivity contribution < 1.29 is 4.74 Å². The van der Waals surface area contributed by atoms with Gasteiger partial charge in [-0.25, -0.2) is 4.98 Å². The monoisotopic (exact) mass is 273 g/mol. The number of aromatic amines is 1. The Labute approximate surface area is 115 Å². The van der Waals surface area contributed by atoms with Gasteiger partial charge < -0.3 is 15.5 Å². The van der Waals surface area contributed by atoms with Crippen LogP contribution in [0.1, 0.15) is 5.82 Å². The van der Waals surface area contributed by atoms with Gasteiger partial charge in [0, 0.05) is 5.02 Å². The number of ether oxygens (including phenoxy) is 1. The molecule has 0 saturated carbocycles. The van der Waals surface area contributed by atoms with Gasteiger partial charge in [-0.2, -0.15) is 0 Å². The summed E-state index contributed by atoms with van der Waals surface area (Å²) in [5.74, 6) is 1.52. The molecule has 1 aromatic heterocycles. The molecule has 0 amide bonds. The van der Waals surface area contributed by atoms with Crippen LogP contribution in [0.4, 0.5) is 5.69 Å². The molecule has 3 N–H and O–H groups in total. The molecule has 0 saturated heterocycles. The summed E-state index contributed by atoms with van der Waals surface area (Å²) in [5, 5.41) is 0.587. The number of nitrogens with two attached hydrogens (primary N) is 1. The van der Waals surface area contributed by atoms with Crippen molar-refractivity contribution in [3.63, 3.8) is 0 Å². The summed E-state index contributed by atoms with van der Waals surface area (Å²) in [4.78, 5) is 7.55. The lowest BCUT2D eigenvalue weighted by atomic mass is 10.3. The number of nitrogens with one attached hydrogen (secondary N) is 1. The summed E-state index contributed by atoms with van der Waals surface area (Å²) < 4.78 is 5.62. The van der Waals surface area contributed by atoms with Crippen molar-refractivity contribution in [3.05, 3.63) is 53.3 Å². The zero-order valence-electron chi connectivity index (χ0n) is 10.1. The van der Waals surface area contributed by atoms with Gasteiger partial charge in [0.25, 0.3) is 0 Å². The van der Waals surface area contributed by atoms with Gasteiger partial charge in [0.1, 0.15) is 23.7 Å². The maximum atomic E-state index is 5.95. The molecule has 0 radical (unpaired) electrons. The van der Waals surface area contributed by atoms with Gasteiger partial charge in [-0.05, 0) is 24.3 Å². The number of fused-ring (bicyclic) bond motifs is 1. The van der Waals surface area contributed by atoms with E-state index in [1.807, 2.05) is 30.3 Å². The molecule has 2 aromatic carbocycles. The lowest BCUT2D eigenvalue weighted by Crippen LogP contribution is -1.97.